The zero-order valence-electron chi connectivity index (χ0n) is 8.87. The van der Waals surface area contributed by atoms with Crippen LogP contribution in [0.15, 0.2) is 15.9 Å². The average Bonchev–Trinajstić information content (AvgIpc) is 2.73. The van der Waals surface area contributed by atoms with Crippen LogP contribution in [0.4, 0.5) is 0 Å². The fourth-order valence-corrected chi connectivity index (χ4v) is 3.32. The minimum atomic E-state index is 0.328. The molecule has 15 heavy (non-hydrogen) atoms. The third-order valence-corrected chi connectivity index (χ3v) is 4.88. The molecule has 2 rings (SSSR count). The summed E-state index contributed by atoms with van der Waals surface area (Å²) in [5, 5.41) is 5.67. The van der Waals surface area contributed by atoms with Crippen LogP contribution in [0.25, 0.3) is 0 Å². The summed E-state index contributed by atoms with van der Waals surface area (Å²) in [4.78, 5) is 1.33. The molecule has 1 aliphatic rings. The van der Waals surface area contributed by atoms with Crippen LogP contribution in [0, 0.1) is 11.8 Å². The van der Waals surface area contributed by atoms with Crippen LogP contribution in [0.3, 0.4) is 0 Å². The second-order valence-corrected chi connectivity index (χ2v) is 6.20. The van der Waals surface area contributed by atoms with E-state index >= 15 is 0 Å². The molecule has 3 N–H and O–H groups in total. The van der Waals surface area contributed by atoms with Gasteiger partial charge in [-0.25, -0.2) is 0 Å². The van der Waals surface area contributed by atoms with Gasteiger partial charge in [-0.05, 0) is 46.8 Å². The second-order valence-electron chi connectivity index (χ2n) is 4.34. The van der Waals surface area contributed by atoms with Crippen LogP contribution in [-0.2, 0) is 0 Å². The smallest absolute Gasteiger partial charge is 0.0539 e. The average molecular weight is 289 g/mol. The lowest BCUT2D eigenvalue weighted by molar-refractivity contribution is 0.517. The first-order valence-corrected chi connectivity index (χ1v) is 7.05. The number of hydrogen-bond acceptors (Lipinski definition) is 3. The van der Waals surface area contributed by atoms with Crippen LogP contribution >= 0.6 is 27.3 Å². The Hall–Kier alpha value is 0.1000. The molecule has 1 aromatic heterocycles. The molecule has 1 fully saturated rings. The summed E-state index contributed by atoms with van der Waals surface area (Å²) in [6, 6.07) is 2.49. The monoisotopic (exact) mass is 288 g/mol. The zero-order valence-corrected chi connectivity index (χ0v) is 11.3. The van der Waals surface area contributed by atoms with E-state index < -0.39 is 0 Å². The first-order chi connectivity index (χ1) is 7.20. The van der Waals surface area contributed by atoms with Crippen molar-refractivity contribution in [2.45, 2.75) is 19.4 Å². The Morgan fingerprint density at radius 3 is 2.93 bits per heavy atom. The maximum Gasteiger partial charge on any atom is 0.0539 e. The van der Waals surface area contributed by atoms with Gasteiger partial charge in [0.25, 0.3) is 0 Å². The first kappa shape index (κ1) is 11.6. The number of thiophene rings is 1. The molecule has 0 amide bonds. The number of hydrogen-bond donors (Lipinski definition) is 2. The van der Waals surface area contributed by atoms with Gasteiger partial charge in [0, 0.05) is 21.3 Å². The Kier molecular flexibility index (Phi) is 3.83. The Morgan fingerprint density at radius 2 is 2.47 bits per heavy atom. The molecule has 3 atom stereocenters. The molecule has 1 aromatic rings. The Morgan fingerprint density at radius 1 is 1.73 bits per heavy atom. The molecule has 2 nitrogen and oxygen atoms in total. The lowest BCUT2D eigenvalue weighted by atomic mass is 10.2. The number of nitrogens with one attached hydrogen (secondary N) is 1. The van der Waals surface area contributed by atoms with E-state index in [-0.39, 0.29) is 0 Å². The number of nitrogens with two attached hydrogens (primary N) is 1. The molecular formula is C11H17BrN2S. The van der Waals surface area contributed by atoms with Crippen molar-refractivity contribution >= 4 is 27.3 Å². The molecule has 1 aliphatic carbocycles. The van der Waals surface area contributed by atoms with Gasteiger partial charge in [0.1, 0.15) is 0 Å². The van der Waals surface area contributed by atoms with Gasteiger partial charge in [-0.3, -0.25) is 0 Å². The summed E-state index contributed by atoms with van der Waals surface area (Å²) in [5.41, 5.74) is 5.78. The summed E-state index contributed by atoms with van der Waals surface area (Å²) in [5.74, 6) is 1.79. The minimum absolute atomic E-state index is 0.328. The van der Waals surface area contributed by atoms with Gasteiger partial charge in [-0.1, -0.05) is 6.92 Å². The molecule has 0 aromatic carbocycles. The Balaban J connectivity index is 1.86. The van der Waals surface area contributed by atoms with Crippen molar-refractivity contribution in [3.05, 3.63) is 20.8 Å². The minimum Gasteiger partial charge on any atom is -0.329 e. The van der Waals surface area contributed by atoms with Gasteiger partial charge < -0.3 is 11.1 Å². The van der Waals surface area contributed by atoms with Crippen molar-refractivity contribution in [1.82, 2.24) is 5.32 Å². The second kappa shape index (κ2) is 4.95. The highest BCUT2D eigenvalue weighted by Gasteiger charge is 2.32. The normalized spacial score (nSPS) is 26.6. The SMILES string of the molecule is CC1CC1CNC(CN)c1cc(Br)cs1. The third-order valence-electron chi connectivity index (χ3n) is 3.07. The quantitative estimate of drug-likeness (QED) is 0.874. The molecule has 1 heterocycles. The highest BCUT2D eigenvalue weighted by atomic mass is 79.9. The van der Waals surface area contributed by atoms with Crippen molar-refractivity contribution in [1.29, 1.82) is 0 Å². The summed E-state index contributed by atoms with van der Waals surface area (Å²) in [7, 11) is 0. The number of halogens is 1. The van der Waals surface area contributed by atoms with Gasteiger partial charge in [0.05, 0.1) is 6.04 Å². The van der Waals surface area contributed by atoms with Crippen molar-refractivity contribution in [2.75, 3.05) is 13.1 Å². The molecule has 84 valence electrons. The van der Waals surface area contributed by atoms with Crippen molar-refractivity contribution in [2.24, 2.45) is 17.6 Å². The van der Waals surface area contributed by atoms with Crippen molar-refractivity contribution in [3.63, 3.8) is 0 Å². The summed E-state index contributed by atoms with van der Waals surface area (Å²) in [6.07, 6.45) is 1.37. The lowest BCUT2D eigenvalue weighted by Crippen LogP contribution is -2.29. The van der Waals surface area contributed by atoms with E-state index in [2.05, 4.69) is 39.6 Å². The van der Waals surface area contributed by atoms with E-state index in [0.29, 0.717) is 12.6 Å². The maximum absolute atomic E-state index is 5.78. The highest BCUT2D eigenvalue weighted by molar-refractivity contribution is 9.10. The van der Waals surface area contributed by atoms with E-state index in [1.807, 2.05) is 0 Å². The van der Waals surface area contributed by atoms with Gasteiger partial charge in [-0.15, -0.1) is 11.3 Å². The van der Waals surface area contributed by atoms with E-state index in [1.165, 1.54) is 11.3 Å². The van der Waals surface area contributed by atoms with Gasteiger partial charge in [0.2, 0.25) is 0 Å². The summed E-state index contributed by atoms with van der Waals surface area (Å²) < 4.78 is 1.16. The van der Waals surface area contributed by atoms with Crippen LogP contribution in [0.2, 0.25) is 0 Å². The standard InChI is InChI=1S/C11H17BrN2S/c1-7-2-8(7)5-14-10(4-13)11-3-9(12)6-15-11/h3,6-8,10,14H,2,4-5,13H2,1H3. The molecule has 0 spiro atoms. The van der Waals surface area contributed by atoms with Gasteiger partial charge >= 0.3 is 0 Å². The predicted molar refractivity (Wildman–Crippen MR) is 69.1 cm³/mol. The van der Waals surface area contributed by atoms with Crippen LogP contribution < -0.4 is 11.1 Å². The van der Waals surface area contributed by atoms with E-state index in [1.54, 1.807) is 11.3 Å². The zero-order chi connectivity index (χ0) is 10.8. The van der Waals surface area contributed by atoms with Crippen molar-refractivity contribution < 1.29 is 0 Å². The highest BCUT2D eigenvalue weighted by Crippen LogP contribution is 2.37. The van der Waals surface area contributed by atoms with E-state index in [0.717, 1.165) is 22.9 Å². The molecule has 4 heteroatoms. The van der Waals surface area contributed by atoms with Gasteiger partial charge in [0.15, 0.2) is 0 Å². The van der Waals surface area contributed by atoms with Crippen LogP contribution in [0.1, 0.15) is 24.3 Å². The first-order valence-electron chi connectivity index (χ1n) is 5.38. The van der Waals surface area contributed by atoms with Crippen molar-refractivity contribution in [3.8, 4) is 0 Å². The topological polar surface area (TPSA) is 38.0 Å². The largest absolute Gasteiger partial charge is 0.329 e. The molecule has 1 saturated carbocycles. The van der Waals surface area contributed by atoms with Gasteiger partial charge in [-0.2, -0.15) is 0 Å². The Labute approximate surface area is 103 Å². The molecule has 0 radical (unpaired) electrons. The number of rotatable bonds is 5. The molecule has 0 aliphatic heterocycles. The summed E-state index contributed by atoms with van der Waals surface area (Å²) in [6.45, 7) is 4.10. The molecular weight excluding hydrogens is 272 g/mol. The molecule has 0 bridgehead atoms. The predicted octanol–water partition coefficient (Wildman–Crippen LogP) is 2.76. The maximum atomic E-state index is 5.78. The van der Waals surface area contributed by atoms with Crippen LogP contribution in [0.5, 0.6) is 0 Å². The van der Waals surface area contributed by atoms with Crippen LogP contribution in [-0.4, -0.2) is 13.1 Å². The van der Waals surface area contributed by atoms with E-state index in [9.17, 15) is 0 Å². The third kappa shape index (κ3) is 3.03. The summed E-state index contributed by atoms with van der Waals surface area (Å²) >= 11 is 5.24. The fraction of sp³-hybridized carbons (Fsp3) is 0.636. The molecule has 0 saturated heterocycles. The lowest BCUT2D eigenvalue weighted by Gasteiger charge is -2.14. The molecule has 3 unspecified atom stereocenters. The van der Waals surface area contributed by atoms with E-state index in [4.69, 9.17) is 5.73 Å². The fourth-order valence-electron chi connectivity index (χ4n) is 1.79. The Bertz CT molecular complexity index is 326.